The van der Waals surface area contributed by atoms with Crippen LogP contribution in [0.3, 0.4) is 0 Å². The van der Waals surface area contributed by atoms with Crippen molar-refractivity contribution in [2.75, 3.05) is 4.90 Å². The maximum absolute atomic E-state index is 6.18. The lowest BCUT2D eigenvalue weighted by atomic mass is 10.1. The number of aliphatic imine (C=N–C) groups is 2. The minimum absolute atomic E-state index is 0.121. The van der Waals surface area contributed by atoms with E-state index in [-0.39, 0.29) is 11.9 Å². The summed E-state index contributed by atoms with van der Waals surface area (Å²) in [5.74, 6) is 1.80. The Kier molecular flexibility index (Phi) is 4.87. The van der Waals surface area contributed by atoms with E-state index in [4.69, 9.17) is 27.8 Å². The molecule has 0 saturated carbocycles. The number of nitrogens with two attached hydrogens (primary N) is 2. The largest absolute Gasteiger partial charge is 0.457 e. The first-order valence-corrected chi connectivity index (χ1v) is 9.03. The van der Waals surface area contributed by atoms with E-state index >= 15 is 0 Å². The van der Waals surface area contributed by atoms with Crippen LogP contribution < -0.4 is 21.1 Å². The van der Waals surface area contributed by atoms with E-state index < -0.39 is 6.17 Å². The van der Waals surface area contributed by atoms with Gasteiger partial charge in [-0.15, -0.1) is 0 Å². The van der Waals surface area contributed by atoms with Crippen molar-refractivity contribution < 1.29 is 4.74 Å². The molecular formula is C21H18ClN5O. The number of rotatable bonds is 4. The van der Waals surface area contributed by atoms with E-state index in [0.29, 0.717) is 10.8 Å². The summed E-state index contributed by atoms with van der Waals surface area (Å²) in [6.45, 7) is 0. The first-order valence-electron chi connectivity index (χ1n) is 8.65. The van der Waals surface area contributed by atoms with Crippen molar-refractivity contribution >= 4 is 29.2 Å². The third kappa shape index (κ3) is 3.77. The molecule has 1 aliphatic rings. The van der Waals surface area contributed by atoms with Crippen LogP contribution in [0.4, 0.5) is 5.69 Å². The zero-order valence-electron chi connectivity index (χ0n) is 14.9. The summed E-state index contributed by atoms with van der Waals surface area (Å²) in [6, 6.07) is 24.5. The van der Waals surface area contributed by atoms with E-state index in [1.165, 1.54) is 0 Å². The Morgan fingerprint density at radius 1 is 0.857 bits per heavy atom. The third-order valence-corrected chi connectivity index (χ3v) is 4.43. The lowest BCUT2D eigenvalue weighted by Gasteiger charge is -2.33. The Labute approximate surface area is 167 Å². The second-order valence-corrected chi connectivity index (χ2v) is 6.60. The summed E-state index contributed by atoms with van der Waals surface area (Å²) in [5, 5.41) is 0.590. The molecule has 0 spiro atoms. The van der Waals surface area contributed by atoms with Gasteiger partial charge < -0.3 is 16.2 Å². The molecule has 0 unspecified atom stereocenters. The molecule has 0 aromatic heterocycles. The highest BCUT2D eigenvalue weighted by atomic mass is 35.5. The number of nitrogens with zero attached hydrogens (tertiary/aromatic N) is 3. The predicted molar refractivity (Wildman–Crippen MR) is 113 cm³/mol. The summed E-state index contributed by atoms with van der Waals surface area (Å²) < 4.78 is 5.94. The van der Waals surface area contributed by atoms with E-state index in [9.17, 15) is 0 Å². The Morgan fingerprint density at radius 2 is 1.61 bits per heavy atom. The molecule has 4 rings (SSSR count). The summed E-state index contributed by atoms with van der Waals surface area (Å²) in [4.78, 5) is 10.4. The molecule has 4 N–H and O–H groups in total. The maximum Gasteiger partial charge on any atom is 0.221 e. The minimum Gasteiger partial charge on any atom is -0.457 e. The van der Waals surface area contributed by atoms with Crippen LogP contribution in [0.25, 0.3) is 0 Å². The van der Waals surface area contributed by atoms with Crippen LogP contribution in [0.1, 0.15) is 11.7 Å². The smallest absolute Gasteiger partial charge is 0.221 e. The standard InChI is InChI=1S/C21H18ClN5O/c22-15-7-5-8-16(13-15)27-19(25-20(23)26-21(27)24)14-6-4-11-18(12-14)28-17-9-2-1-3-10-17/h1-13,19H,(H4,23,24,25,26)/t19-/m0/s1. The number of hydrogen-bond donors (Lipinski definition) is 2. The quantitative estimate of drug-likeness (QED) is 0.694. The number of anilines is 1. The molecule has 28 heavy (non-hydrogen) atoms. The van der Waals surface area contributed by atoms with Gasteiger partial charge in [-0.05, 0) is 42.5 Å². The monoisotopic (exact) mass is 391 g/mol. The number of benzene rings is 3. The Hall–Kier alpha value is -3.51. The first-order chi connectivity index (χ1) is 13.6. The van der Waals surface area contributed by atoms with Gasteiger partial charge in [0.15, 0.2) is 6.17 Å². The summed E-state index contributed by atoms with van der Waals surface area (Å²) in [5.41, 5.74) is 13.7. The van der Waals surface area contributed by atoms with Crippen molar-refractivity contribution in [2.24, 2.45) is 21.5 Å². The first kappa shape index (κ1) is 17.9. The highest BCUT2D eigenvalue weighted by Gasteiger charge is 2.28. The van der Waals surface area contributed by atoms with E-state index in [2.05, 4.69) is 9.98 Å². The van der Waals surface area contributed by atoms with Gasteiger partial charge in [0.1, 0.15) is 11.5 Å². The average Bonchev–Trinajstić information content (AvgIpc) is 2.68. The molecule has 1 heterocycles. The molecule has 1 atom stereocenters. The number of hydrogen-bond acceptors (Lipinski definition) is 6. The number of para-hydroxylation sites is 1. The van der Waals surface area contributed by atoms with Gasteiger partial charge in [0.05, 0.1) is 0 Å². The molecule has 0 radical (unpaired) electrons. The van der Waals surface area contributed by atoms with E-state index in [1.807, 2.05) is 66.7 Å². The Morgan fingerprint density at radius 3 is 2.39 bits per heavy atom. The average molecular weight is 392 g/mol. The van der Waals surface area contributed by atoms with Crippen LogP contribution in [0.2, 0.25) is 5.02 Å². The molecule has 6 nitrogen and oxygen atoms in total. The van der Waals surface area contributed by atoms with Gasteiger partial charge in [0.25, 0.3) is 0 Å². The van der Waals surface area contributed by atoms with Gasteiger partial charge in [-0.25, -0.2) is 4.99 Å². The summed E-state index contributed by atoms with van der Waals surface area (Å²) in [6.07, 6.45) is -0.490. The fraction of sp³-hybridized carbons (Fsp3) is 0.0476. The molecule has 0 bridgehead atoms. The van der Waals surface area contributed by atoms with Crippen molar-refractivity contribution in [1.29, 1.82) is 0 Å². The number of halogens is 1. The van der Waals surface area contributed by atoms with Gasteiger partial charge in [-0.2, -0.15) is 4.99 Å². The number of ether oxygens (including phenoxy) is 1. The Bertz CT molecular complexity index is 1050. The van der Waals surface area contributed by atoms with Gasteiger partial charge in [-0.3, -0.25) is 4.90 Å². The van der Waals surface area contributed by atoms with Gasteiger partial charge in [-0.1, -0.05) is 48.0 Å². The van der Waals surface area contributed by atoms with Crippen molar-refractivity contribution in [2.45, 2.75) is 6.17 Å². The van der Waals surface area contributed by atoms with Crippen molar-refractivity contribution in [3.63, 3.8) is 0 Å². The van der Waals surface area contributed by atoms with E-state index in [1.54, 1.807) is 17.0 Å². The van der Waals surface area contributed by atoms with Gasteiger partial charge in [0.2, 0.25) is 11.9 Å². The summed E-state index contributed by atoms with van der Waals surface area (Å²) >= 11 is 6.16. The zero-order chi connectivity index (χ0) is 19.5. The fourth-order valence-electron chi connectivity index (χ4n) is 2.99. The highest BCUT2D eigenvalue weighted by molar-refractivity contribution is 6.31. The molecule has 1 aliphatic heterocycles. The topological polar surface area (TPSA) is 89.2 Å². The molecule has 3 aromatic rings. The van der Waals surface area contributed by atoms with Crippen LogP contribution >= 0.6 is 11.6 Å². The SMILES string of the molecule is NC1=N[C@H](c2cccc(Oc3ccccc3)c2)N(c2cccc(Cl)c2)C(N)=N1. The molecule has 0 aliphatic carbocycles. The fourth-order valence-corrected chi connectivity index (χ4v) is 3.18. The normalized spacial score (nSPS) is 16.3. The minimum atomic E-state index is -0.490. The molecule has 0 fully saturated rings. The molecular weight excluding hydrogens is 374 g/mol. The second-order valence-electron chi connectivity index (χ2n) is 6.17. The van der Waals surface area contributed by atoms with Crippen LogP contribution in [0, 0.1) is 0 Å². The second kappa shape index (κ2) is 7.62. The molecule has 3 aromatic carbocycles. The van der Waals surface area contributed by atoms with Gasteiger partial charge in [0, 0.05) is 16.3 Å². The van der Waals surface area contributed by atoms with E-state index in [0.717, 1.165) is 17.0 Å². The van der Waals surface area contributed by atoms with Crippen LogP contribution in [0.15, 0.2) is 88.8 Å². The molecule has 7 heteroatoms. The number of guanidine groups is 2. The van der Waals surface area contributed by atoms with Crippen molar-refractivity contribution in [3.8, 4) is 11.5 Å². The Balaban J connectivity index is 1.71. The highest BCUT2D eigenvalue weighted by Crippen LogP contribution is 2.33. The maximum atomic E-state index is 6.18. The molecule has 0 amide bonds. The van der Waals surface area contributed by atoms with Crippen molar-refractivity contribution in [3.05, 3.63) is 89.4 Å². The van der Waals surface area contributed by atoms with Crippen LogP contribution in [-0.2, 0) is 0 Å². The van der Waals surface area contributed by atoms with Crippen LogP contribution in [0.5, 0.6) is 11.5 Å². The third-order valence-electron chi connectivity index (χ3n) is 4.20. The lowest BCUT2D eigenvalue weighted by Crippen LogP contribution is -2.44. The van der Waals surface area contributed by atoms with Gasteiger partial charge >= 0.3 is 0 Å². The lowest BCUT2D eigenvalue weighted by molar-refractivity contribution is 0.481. The zero-order valence-corrected chi connectivity index (χ0v) is 15.6. The van der Waals surface area contributed by atoms with Crippen LogP contribution in [-0.4, -0.2) is 11.9 Å². The van der Waals surface area contributed by atoms with Crippen molar-refractivity contribution in [1.82, 2.24) is 0 Å². The predicted octanol–water partition coefficient (Wildman–Crippen LogP) is 4.28. The summed E-state index contributed by atoms with van der Waals surface area (Å²) in [7, 11) is 0. The molecule has 140 valence electrons. The molecule has 0 saturated heterocycles.